The molecular weight excluding hydrogens is 354 g/mol. The van der Waals surface area contributed by atoms with E-state index in [0.29, 0.717) is 18.7 Å². The molecule has 0 aromatic heterocycles. The molecule has 4 nitrogen and oxygen atoms in total. The molecule has 26 heavy (non-hydrogen) atoms. The number of hydrogen-bond acceptors (Lipinski definition) is 4. The van der Waals surface area contributed by atoms with Gasteiger partial charge in [-0.05, 0) is 24.1 Å². The van der Waals surface area contributed by atoms with Gasteiger partial charge in [-0.25, -0.2) is 22.4 Å². The molecule has 0 saturated carbocycles. The Hall–Kier alpha value is -2.92. The summed E-state index contributed by atoms with van der Waals surface area (Å²) in [5, 5.41) is 8.58. The van der Waals surface area contributed by atoms with Gasteiger partial charge in [0.25, 0.3) is 0 Å². The molecule has 0 saturated heterocycles. The molecule has 0 fully saturated rings. The minimum absolute atomic E-state index is 0.0386. The van der Waals surface area contributed by atoms with Gasteiger partial charge in [0.05, 0.1) is 6.61 Å². The fraction of sp³-hybridized carbons (Fsp3) is 0.222. The third-order valence-electron chi connectivity index (χ3n) is 3.26. The molecule has 0 aliphatic heterocycles. The van der Waals surface area contributed by atoms with Crippen LogP contribution in [0.25, 0.3) is 0 Å². The second-order valence-electron chi connectivity index (χ2n) is 5.25. The molecule has 0 N–H and O–H groups in total. The fourth-order valence-corrected chi connectivity index (χ4v) is 2.11. The lowest BCUT2D eigenvalue weighted by atomic mass is 10.1. The van der Waals surface area contributed by atoms with Crippen molar-refractivity contribution >= 4 is 5.97 Å². The third kappa shape index (κ3) is 4.37. The zero-order valence-electron chi connectivity index (χ0n) is 13.6. The second kappa shape index (κ2) is 8.45. The Labute approximate surface area is 146 Å². The van der Waals surface area contributed by atoms with E-state index >= 15 is 0 Å². The lowest BCUT2D eigenvalue weighted by Crippen LogP contribution is -2.14. The van der Waals surface area contributed by atoms with Crippen molar-refractivity contribution in [2.24, 2.45) is 0 Å². The van der Waals surface area contributed by atoms with E-state index in [9.17, 15) is 22.4 Å². The normalized spacial score (nSPS) is 10.5. The molecule has 0 atom stereocenters. The van der Waals surface area contributed by atoms with E-state index in [-0.39, 0.29) is 12.2 Å². The number of ether oxygens (including phenoxy) is 2. The van der Waals surface area contributed by atoms with Gasteiger partial charge in [0, 0.05) is 18.7 Å². The predicted molar refractivity (Wildman–Crippen MR) is 82.3 cm³/mol. The summed E-state index contributed by atoms with van der Waals surface area (Å²) in [5.74, 6) is -7.01. The predicted octanol–water partition coefficient (Wildman–Crippen LogP) is 4.26. The molecule has 0 spiro atoms. The Kier molecular flexibility index (Phi) is 6.31. The van der Waals surface area contributed by atoms with Crippen molar-refractivity contribution in [3.63, 3.8) is 0 Å². The third-order valence-corrected chi connectivity index (χ3v) is 3.26. The molecule has 0 aliphatic carbocycles. The molecule has 0 aliphatic rings. The highest BCUT2D eigenvalue weighted by molar-refractivity contribution is 5.91. The standard InChI is InChI=1S/C18H13F4NO3/c1-2-3-25-9-10-4-15(21)17(16(22)5-10)18(24)26-11-6-13(19)12(8-23)14(20)7-11/h4-7H,2-3,9H2,1H3. The number of carbonyl (C=O) groups is 1. The highest BCUT2D eigenvalue weighted by Gasteiger charge is 2.22. The summed E-state index contributed by atoms with van der Waals surface area (Å²) in [6.07, 6.45) is 0.729. The summed E-state index contributed by atoms with van der Waals surface area (Å²) < 4.78 is 64.9. The Morgan fingerprint density at radius 3 is 2.12 bits per heavy atom. The van der Waals surface area contributed by atoms with Gasteiger partial charge in [0.2, 0.25) is 0 Å². The van der Waals surface area contributed by atoms with E-state index in [1.807, 2.05) is 6.92 Å². The number of carbonyl (C=O) groups excluding carboxylic acids is 1. The van der Waals surface area contributed by atoms with Crippen molar-refractivity contribution < 1.29 is 31.8 Å². The van der Waals surface area contributed by atoms with Crippen LogP contribution < -0.4 is 4.74 Å². The summed E-state index contributed by atoms with van der Waals surface area (Å²) in [5.41, 5.74) is -1.69. The molecular formula is C18H13F4NO3. The van der Waals surface area contributed by atoms with Gasteiger partial charge < -0.3 is 9.47 Å². The Morgan fingerprint density at radius 1 is 1.04 bits per heavy atom. The molecule has 136 valence electrons. The molecule has 0 amide bonds. The summed E-state index contributed by atoms with van der Waals surface area (Å²) >= 11 is 0. The van der Waals surface area contributed by atoms with E-state index in [1.165, 1.54) is 6.07 Å². The molecule has 8 heteroatoms. The number of rotatable bonds is 6. The van der Waals surface area contributed by atoms with Crippen LogP contribution in [0.2, 0.25) is 0 Å². The van der Waals surface area contributed by atoms with E-state index in [1.54, 1.807) is 0 Å². The van der Waals surface area contributed by atoms with Crippen molar-refractivity contribution in [1.29, 1.82) is 5.26 Å². The number of nitriles is 1. The van der Waals surface area contributed by atoms with Crippen LogP contribution in [0, 0.1) is 34.6 Å². The number of nitrogens with zero attached hydrogens (tertiary/aromatic N) is 1. The van der Waals surface area contributed by atoms with E-state index in [4.69, 9.17) is 10.00 Å². The minimum Gasteiger partial charge on any atom is -0.423 e. The first-order valence-corrected chi connectivity index (χ1v) is 7.54. The van der Waals surface area contributed by atoms with Gasteiger partial charge in [0.15, 0.2) is 0 Å². The van der Waals surface area contributed by atoms with E-state index in [2.05, 4.69) is 4.74 Å². The molecule has 0 radical (unpaired) electrons. The molecule has 2 aromatic rings. The van der Waals surface area contributed by atoms with Crippen molar-refractivity contribution in [3.8, 4) is 11.8 Å². The summed E-state index contributed by atoms with van der Waals surface area (Å²) in [7, 11) is 0. The highest BCUT2D eigenvalue weighted by atomic mass is 19.1. The average Bonchev–Trinajstić information content (AvgIpc) is 2.54. The van der Waals surface area contributed by atoms with E-state index < -0.39 is 46.1 Å². The van der Waals surface area contributed by atoms with Gasteiger partial charge in [-0.15, -0.1) is 0 Å². The maximum Gasteiger partial charge on any atom is 0.349 e. The summed E-state index contributed by atoms with van der Waals surface area (Å²) in [4.78, 5) is 12.0. The Balaban J connectivity index is 2.24. The summed E-state index contributed by atoms with van der Waals surface area (Å²) in [6, 6.07) is 4.27. The van der Waals surface area contributed by atoms with Crippen LogP contribution in [0.5, 0.6) is 5.75 Å². The van der Waals surface area contributed by atoms with Crippen LogP contribution in [0.4, 0.5) is 17.6 Å². The number of benzene rings is 2. The van der Waals surface area contributed by atoms with Crippen LogP contribution >= 0.6 is 0 Å². The van der Waals surface area contributed by atoms with Crippen molar-refractivity contribution in [3.05, 3.63) is 64.2 Å². The maximum absolute atomic E-state index is 14.1. The van der Waals surface area contributed by atoms with Gasteiger partial charge in [-0.2, -0.15) is 5.26 Å². The van der Waals surface area contributed by atoms with Gasteiger partial charge in [-0.3, -0.25) is 0 Å². The van der Waals surface area contributed by atoms with E-state index in [0.717, 1.165) is 18.6 Å². The van der Waals surface area contributed by atoms with Gasteiger partial charge in [-0.1, -0.05) is 6.92 Å². The van der Waals surface area contributed by atoms with Crippen LogP contribution in [-0.4, -0.2) is 12.6 Å². The smallest absolute Gasteiger partial charge is 0.349 e. The molecule has 2 aromatic carbocycles. The van der Waals surface area contributed by atoms with Crippen LogP contribution in [-0.2, 0) is 11.3 Å². The highest BCUT2D eigenvalue weighted by Crippen LogP contribution is 2.23. The number of hydrogen-bond donors (Lipinski definition) is 0. The second-order valence-corrected chi connectivity index (χ2v) is 5.25. The van der Waals surface area contributed by atoms with Crippen molar-refractivity contribution in [2.45, 2.75) is 20.0 Å². The SMILES string of the molecule is CCCOCc1cc(F)c(C(=O)Oc2cc(F)c(C#N)c(F)c2)c(F)c1. The Bertz CT molecular complexity index is 831. The Morgan fingerprint density at radius 2 is 1.62 bits per heavy atom. The zero-order chi connectivity index (χ0) is 19.3. The molecule has 0 unspecified atom stereocenters. The summed E-state index contributed by atoms with van der Waals surface area (Å²) in [6.45, 7) is 2.24. The average molecular weight is 367 g/mol. The first kappa shape index (κ1) is 19.4. The lowest BCUT2D eigenvalue weighted by Gasteiger charge is -2.09. The monoisotopic (exact) mass is 367 g/mol. The first-order valence-electron chi connectivity index (χ1n) is 7.54. The number of esters is 1. The molecule has 0 heterocycles. The molecule has 0 bridgehead atoms. The van der Waals surface area contributed by atoms with Crippen molar-refractivity contribution in [1.82, 2.24) is 0 Å². The largest absolute Gasteiger partial charge is 0.423 e. The minimum atomic E-state index is -1.47. The topological polar surface area (TPSA) is 59.3 Å². The van der Waals surface area contributed by atoms with Crippen LogP contribution in [0.3, 0.4) is 0 Å². The quantitative estimate of drug-likeness (QED) is 0.331. The first-order chi connectivity index (χ1) is 12.4. The van der Waals surface area contributed by atoms with Crippen LogP contribution in [0.15, 0.2) is 24.3 Å². The lowest BCUT2D eigenvalue weighted by molar-refractivity contribution is 0.0723. The maximum atomic E-state index is 14.1. The van der Waals surface area contributed by atoms with Gasteiger partial charge >= 0.3 is 5.97 Å². The zero-order valence-corrected chi connectivity index (χ0v) is 13.6. The van der Waals surface area contributed by atoms with Crippen LogP contribution in [0.1, 0.15) is 34.8 Å². The van der Waals surface area contributed by atoms with Crippen molar-refractivity contribution in [2.75, 3.05) is 6.61 Å². The number of halogens is 4. The molecule has 2 rings (SSSR count). The van der Waals surface area contributed by atoms with Gasteiger partial charge in [0.1, 0.15) is 46.2 Å². The fourth-order valence-electron chi connectivity index (χ4n) is 2.11.